The van der Waals surface area contributed by atoms with E-state index >= 15 is 0 Å². The summed E-state index contributed by atoms with van der Waals surface area (Å²) in [4.78, 5) is 11.6. The second-order valence-corrected chi connectivity index (χ2v) is 7.84. The minimum Gasteiger partial charge on any atom is -0.481 e. The Balaban J connectivity index is 1.97. The number of carboxylic acids is 1. The van der Waals surface area contributed by atoms with Gasteiger partial charge in [-0.15, -0.1) is 0 Å². The Morgan fingerprint density at radius 3 is 2.28 bits per heavy atom. The number of carboxylic acid groups (broad SMARTS) is 1. The maximum atomic E-state index is 11.6. The number of hydrogen-bond acceptors (Lipinski definition) is 1. The maximum Gasteiger partial charge on any atom is 0.307 e. The highest BCUT2D eigenvalue weighted by atomic mass is 16.4. The minimum absolute atomic E-state index is 0.102. The molecule has 102 valence electrons. The minimum atomic E-state index is -0.546. The van der Waals surface area contributed by atoms with Crippen LogP contribution in [-0.4, -0.2) is 11.1 Å². The van der Waals surface area contributed by atoms with Gasteiger partial charge in [-0.25, -0.2) is 0 Å². The molecule has 0 aromatic rings. The predicted octanol–water partition coefficient (Wildman–Crippen LogP) is 3.95. The van der Waals surface area contributed by atoms with E-state index in [9.17, 15) is 9.90 Å². The highest BCUT2D eigenvalue weighted by Crippen LogP contribution is 2.69. The van der Waals surface area contributed by atoms with Crippen molar-refractivity contribution in [1.29, 1.82) is 0 Å². The van der Waals surface area contributed by atoms with Crippen molar-refractivity contribution < 1.29 is 9.90 Å². The van der Waals surface area contributed by atoms with Gasteiger partial charge in [0.2, 0.25) is 0 Å². The van der Waals surface area contributed by atoms with Crippen LogP contribution in [-0.2, 0) is 4.79 Å². The van der Waals surface area contributed by atoms with Crippen molar-refractivity contribution in [3.8, 4) is 0 Å². The van der Waals surface area contributed by atoms with Crippen LogP contribution in [0, 0.1) is 34.5 Å². The third-order valence-corrected chi connectivity index (χ3v) is 6.56. The molecule has 4 bridgehead atoms. The Hall–Kier alpha value is -0.530. The summed E-state index contributed by atoms with van der Waals surface area (Å²) in [6, 6.07) is 0. The van der Waals surface area contributed by atoms with Crippen molar-refractivity contribution >= 4 is 5.97 Å². The summed E-state index contributed by atoms with van der Waals surface area (Å²) in [5.41, 5.74) is 0.578. The van der Waals surface area contributed by atoms with Crippen LogP contribution in [0.1, 0.15) is 59.3 Å². The van der Waals surface area contributed by atoms with E-state index < -0.39 is 5.97 Å². The number of hydrogen-bond donors (Lipinski definition) is 1. The highest BCUT2D eigenvalue weighted by Gasteiger charge is 2.61. The summed E-state index contributed by atoms with van der Waals surface area (Å²) >= 11 is 0. The van der Waals surface area contributed by atoms with Crippen LogP contribution in [0.15, 0.2) is 0 Å². The van der Waals surface area contributed by atoms with Gasteiger partial charge in [0.25, 0.3) is 0 Å². The van der Waals surface area contributed by atoms with Gasteiger partial charge < -0.3 is 5.11 Å². The molecule has 3 unspecified atom stereocenters. The van der Waals surface area contributed by atoms with Crippen molar-refractivity contribution in [3.63, 3.8) is 0 Å². The van der Waals surface area contributed by atoms with E-state index in [0.29, 0.717) is 5.41 Å². The van der Waals surface area contributed by atoms with Gasteiger partial charge in [0.05, 0.1) is 5.92 Å². The first-order valence-electron chi connectivity index (χ1n) is 7.62. The van der Waals surface area contributed by atoms with Crippen LogP contribution < -0.4 is 0 Å². The highest BCUT2D eigenvalue weighted by molar-refractivity contribution is 5.71. The predicted molar refractivity (Wildman–Crippen MR) is 71.2 cm³/mol. The fraction of sp³-hybridized carbons (Fsp3) is 0.938. The molecule has 2 heteroatoms. The molecule has 4 rings (SSSR count). The summed E-state index contributed by atoms with van der Waals surface area (Å²) in [5.74, 6) is 1.78. The van der Waals surface area contributed by atoms with Crippen molar-refractivity contribution in [2.75, 3.05) is 0 Å². The molecule has 4 aliphatic rings. The molecule has 0 amide bonds. The van der Waals surface area contributed by atoms with Crippen molar-refractivity contribution in [3.05, 3.63) is 0 Å². The van der Waals surface area contributed by atoms with E-state index in [1.165, 1.54) is 32.1 Å². The van der Waals surface area contributed by atoms with Crippen LogP contribution in [0.3, 0.4) is 0 Å². The first kappa shape index (κ1) is 12.5. The summed E-state index contributed by atoms with van der Waals surface area (Å²) in [6.07, 6.45) is 7.05. The van der Waals surface area contributed by atoms with Crippen molar-refractivity contribution in [2.24, 2.45) is 34.5 Å². The normalized spacial score (nSPS) is 51.4. The van der Waals surface area contributed by atoms with Gasteiger partial charge >= 0.3 is 5.97 Å². The van der Waals surface area contributed by atoms with E-state index in [2.05, 4.69) is 20.8 Å². The molecule has 0 radical (unpaired) electrons. The van der Waals surface area contributed by atoms with Gasteiger partial charge in [0, 0.05) is 0 Å². The van der Waals surface area contributed by atoms with E-state index in [1.54, 1.807) is 0 Å². The average Bonchev–Trinajstić information content (AvgIpc) is 2.23. The van der Waals surface area contributed by atoms with Crippen molar-refractivity contribution in [1.82, 2.24) is 0 Å². The molecule has 0 aromatic heterocycles. The van der Waals surface area contributed by atoms with E-state index in [4.69, 9.17) is 0 Å². The molecule has 0 saturated heterocycles. The van der Waals surface area contributed by atoms with Gasteiger partial charge in [0.15, 0.2) is 0 Å². The number of carbonyl (C=O) groups is 1. The lowest BCUT2D eigenvalue weighted by atomic mass is 9.39. The monoisotopic (exact) mass is 250 g/mol. The topological polar surface area (TPSA) is 37.3 Å². The molecule has 3 atom stereocenters. The number of rotatable bonds is 3. The third-order valence-electron chi connectivity index (χ3n) is 6.56. The molecule has 18 heavy (non-hydrogen) atoms. The zero-order valence-electron chi connectivity index (χ0n) is 11.9. The zero-order valence-corrected chi connectivity index (χ0v) is 11.9. The summed E-state index contributed by atoms with van der Waals surface area (Å²) < 4.78 is 0. The smallest absolute Gasteiger partial charge is 0.307 e. The Kier molecular flexibility index (Phi) is 2.60. The first-order chi connectivity index (χ1) is 8.39. The molecule has 4 aliphatic carbocycles. The summed E-state index contributed by atoms with van der Waals surface area (Å²) in [6.45, 7) is 6.88. The molecule has 2 nitrogen and oxygen atoms in total. The SMILES string of the molecule is CCC(C(=O)O)C12CC3CC(C)(CC(C1)C3C)C2. The lowest BCUT2D eigenvalue weighted by Crippen LogP contribution is -2.57. The molecular weight excluding hydrogens is 224 g/mol. The second-order valence-electron chi connectivity index (χ2n) is 7.84. The van der Waals surface area contributed by atoms with Gasteiger partial charge in [-0.05, 0) is 67.1 Å². The molecule has 1 N–H and O–H groups in total. The van der Waals surface area contributed by atoms with E-state index in [1.807, 2.05) is 0 Å². The fourth-order valence-electron chi connectivity index (χ4n) is 6.17. The Labute approximate surface area is 110 Å². The molecule has 0 heterocycles. The molecule has 0 aromatic carbocycles. The van der Waals surface area contributed by atoms with Crippen LogP contribution in [0.4, 0.5) is 0 Å². The van der Waals surface area contributed by atoms with Gasteiger partial charge in [0.1, 0.15) is 0 Å². The zero-order chi connectivity index (χ0) is 13.1. The lowest BCUT2D eigenvalue weighted by Gasteiger charge is -2.65. The van der Waals surface area contributed by atoms with Gasteiger partial charge in [-0.1, -0.05) is 20.8 Å². The molecule has 4 saturated carbocycles. The Bertz CT molecular complexity index is 357. The maximum absolute atomic E-state index is 11.6. The van der Waals surface area contributed by atoms with E-state index in [-0.39, 0.29) is 11.3 Å². The molecule has 0 aliphatic heterocycles. The standard InChI is InChI=1S/C16H26O2/c1-4-13(14(17)18)16-7-11-5-15(3,9-16)6-12(8-16)10(11)2/h10-13H,4-9H2,1-3H3,(H,17,18). The molecule has 0 spiro atoms. The van der Waals surface area contributed by atoms with E-state index in [0.717, 1.165) is 24.2 Å². The van der Waals surface area contributed by atoms with Crippen molar-refractivity contribution in [2.45, 2.75) is 59.3 Å². The third kappa shape index (κ3) is 1.57. The average molecular weight is 250 g/mol. The quantitative estimate of drug-likeness (QED) is 0.823. The molecular formula is C16H26O2. The Morgan fingerprint density at radius 1 is 1.28 bits per heavy atom. The van der Waals surface area contributed by atoms with Gasteiger partial charge in [-0.3, -0.25) is 4.79 Å². The Morgan fingerprint density at radius 2 is 1.83 bits per heavy atom. The van der Waals surface area contributed by atoms with Crippen LogP contribution in [0.2, 0.25) is 0 Å². The summed E-state index contributed by atoms with van der Waals surface area (Å²) in [5, 5.41) is 9.58. The first-order valence-corrected chi connectivity index (χ1v) is 7.62. The lowest BCUT2D eigenvalue weighted by molar-refractivity contribution is -0.177. The van der Waals surface area contributed by atoms with Crippen LogP contribution >= 0.6 is 0 Å². The van der Waals surface area contributed by atoms with Crippen LogP contribution in [0.25, 0.3) is 0 Å². The van der Waals surface area contributed by atoms with Crippen LogP contribution in [0.5, 0.6) is 0 Å². The second kappa shape index (κ2) is 3.74. The fourth-order valence-corrected chi connectivity index (χ4v) is 6.17. The molecule has 4 fully saturated rings. The summed E-state index contributed by atoms with van der Waals surface area (Å²) in [7, 11) is 0. The number of aliphatic carboxylic acids is 1. The largest absolute Gasteiger partial charge is 0.481 e. The van der Waals surface area contributed by atoms with Gasteiger partial charge in [-0.2, -0.15) is 0 Å².